The van der Waals surface area contributed by atoms with Crippen molar-refractivity contribution in [3.8, 4) is 0 Å². The van der Waals surface area contributed by atoms with E-state index in [0.717, 1.165) is 0 Å². The standard InChI is InChI=1S/C23H17N3O3/c27-21-13-26(20-12-6-3-9-17(20)24-21)22(28)14-25-18-10-4-1-7-15(18)23(29)16-8-2-5-11-19(16)25/h1-12H,13-14H2,(H,24,27). The number of aromatic nitrogens is 1. The maximum Gasteiger partial charge on any atom is 0.247 e. The van der Waals surface area contributed by atoms with Gasteiger partial charge in [0.15, 0.2) is 5.43 Å². The molecule has 6 heteroatoms. The topological polar surface area (TPSA) is 71.4 Å². The van der Waals surface area contributed by atoms with Crippen molar-refractivity contribution in [1.82, 2.24) is 4.57 Å². The lowest BCUT2D eigenvalue weighted by molar-refractivity contribution is -0.122. The molecule has 1 aliphatic rings. The van der Waals surface area contributed by atoms with Gasteiger partial charge in [0, 0.05) is 10.8 Å². The first kappa shape index (κ1) is 17.2. The molecule has 0 unspecified atom stereocenters. The molecule has 2 heterocycles. The van der Waals surface area contributed by atoms with Gasteiger partial charge >= 0.3 is 0 Å². The molecule has 1 aliphatic heterocycles. The van der Waals surface area contributed by atoms with Crippen LogP contribution in [0.15, 0.2) is 77.6 Å². The number of nitrogens with zero attached hydrogens (tertiary/aromatic N) is 2. The number of hydrogen-bond acceptors (Lipinski definition) is 3. The lowest BCUT2D eigenvalue weighted by Gasteiger charge is -2.29. The van der Waals surface area contributed by atoms with Gasteiger partial charge in [-0.2, -0.15) is 0 Å². The number of benzene rings is 3. The van der Waals surface area contributed by atoms with E-state index in [0.29, 0.717) is 33.2 Å². The molecule has 1 N–H and O–H groups in total. The van der Waals surface area contributed by atoms with Crippen LogP contribution in [0.1, 0.15) is 0 Å². The van der Waals surface area contributed by atoms with E-state index in [4.69, 9.17) is 0 Å². The van der Waals surface area contributed by atoms with E-state index in [1.165, 1.54) is 4.90 Å². The molecular weight excluding hydrogens is 366 g/mol. The highest BCUT2D eigenvalue weighted by Gasteiger charge is 2.27. The summed E-state index contributed by atoms with van der Waals surface area (Å²) >= 11 is 0. The molecule has 0 saturated carbocycles. The fourth-order valence-corrected chi connectivity index (χ4v) is 3.92. The minimum Gasteiger partial charge on any atom is -0.331 e. The van der Waals surface area contributed by atoms with Crippen molar-refractivity contribution in [3.05, 3.63) is 83.0 Å². The lowest BCUT2D eigenvalue weighted by Crippen LogP contribution is -2.43. The van der Waals surface area contributed by atoms with Crippen LogP contribution in [0.5, 0.6) is 0 Å². The molecular formula is C23H17N3O3. The summed E-state index contributed by atoms with van der Waals surface area (Å²) in [4.78, 5) is 39.8. The Bertz CT molecular complexity index is 1300. The average Bonchev–Trinajstić information content (AvgIpc) is 2.76. The minimum absolute atomic E-state index is 0.0168. The molecule has 4 aromatic rings. The third-order valence-electron chi connectivity index (χ3n) is 5.24. The summed E-state index contributed by atoms with van der Waals surface area (Å²) < 4.78 is 1.85. The number of rotatable bonds is 2. The third kappa shape index (κ3) is 2.77. The number of para-hydroxylation sites is 4. The van der Waals surface area contributed by atoms with Gasteiger partial charge in [0.05, 0.1) is 22.4 Å². The van der Waals surface area contributed by atoms with E-state index < -0.39 is 0 Å². The van der Waals surface area contributed by atoms with Gasteiger partial charge in [0.2, 0.25) is 11.8 Å². The summed E-state index contributed by atoms with van der Waals surface area (Å²) in [6.07, 6.45) is 0. The molecule has 0 atom stereocenters. The third-order valence-corrected chi connectivity index (χ3v) is 5.24. The van der Waals surface area contributed by atoms with Crippen LogP contribution < -0.4 is 15.6 Å². The largest absolute Gasteiger partial charge is 0.331 e. The smallest absolute Gasteiger partial charge is 0.247 e. The second kappa shape index (κ2) is 6.60. The molecule has 1 aromatic heterocycles. The molecule has 0 bridgehead atoms. The van der Waals surface area contributed by atoms with Crippen molar-refractivity contribution >= 4 is 45.0 Å². The summed E-state index contributed by atoms with van der Waals surface area (Å²) in [5.41, 5.74) is 2.62. The monoisotopic (exact) mass is 383 g/mol. The first-order valence-electron chi connectivity index (χ1n) is 9.33. The van der Waals surface area contributed by atoms with Gasteiger partial charge in [0.1, 0.15) is 13.1 Å². The number of fused-ring (bicyclic) bond motifs is 3. The Morgan fingerprint density at radius 3 is 2.10 bits per heavy atom. The van der Waals surface area contributed by atoms with Crippen LogP contribution in [0.3, 0.4) is 0 Å². The number of pyridine rings is 1. The van der Waals surface area contributed by atoms with Crippen molar-refractivity contribution in [2.45, 2.75) is 6.54 Å². The second-order valence-electron chi connectivity index (χ2n) is 6.99. The fraction of sp³-hybridized carbons (Fsp3) is 0.0870. The molecule has 142 valence electrons. The van der Waals surface area contributed by atoms with Crippen LogP contribution in [-0.2, 0) is 16.1 Å². The van der Waals surface area contributed by atoms with Crippen LogP contribution in [0.25, 0.3) is 21.8 Å². The van der Waals surface area contributed by atoms with Gasteiger partial charge in [-0.15, -0.1) is 0 Å². The second-order valence-corrected chi connectivity index (χ2v) is 6.99. The number of carbonyl (C=O) groups excluding carboxylic acids is 2. The molecule has 3 aromatic carbocycles. The summed E-state index contributed by atoms with van der Waals surface area (Å²) in [5.74, 6) is -0.446. The van der Waals surface area contributed by atoms with Crippen LogP contribution in [0.2, 0.25) is 0 Å². The number of anilines is 2. The van der Waals surface area contributed by atoms with Crippen LogP contribution in [-0.4, -0.2) is 22.9 Å². The van der Waals surface area contributed by atoms with E-state index >= 15 is 0 Å². The Labute approximate surface area is 166 Å². The first-order valence-corrected chi connectivity index (χ1v) is 9.33. The molecule has 0 radical (unpaired) electrons. The summed E-state index contributed by atoms with van der Waals surface area (Å²) in [7, 11) is 0. The van der Waals surface area contributed by atoms with Crippen LogP contribution in [0, 0.1) is 0 Å². The molecule has 2 amide bonds. The highest BCUT2D eigenvalue weighted by molar-refractivity contribution is 6.10. The maximum absolute atomic E-state index is 13.3. The number of carbonyl (C=O) groups is 2. The summed E-state index contributed by atoms with van der Waals surface area (Å²) in [6, 6.07) is 21.8. The Hall–Kier alpha value is -3.93. The van der Waals surface area contributed by atoms with E-state index in [9.17, 15) is 14.4 Å². The quantitative estimate of drug-likeness (QED) is 0.541. The van der Waals surface area contributed by atoms with Gasteiger partial charge in [-0.1, -0.05) is 36.4 Å². The number of nitrogens with one attached hydrogen (secondary N) is 1. The number of amides is 2. The SMILES string of the molecule is O=C1CN(C(=O)Cn2c3ccccc3c(=O)c3ccccc32)c2ccccc2N1. The fourth-order valence-electron chi connectivity index (χ4n) is 3.92. The highest BCUT2D eigenvalue weighted by Crippen LogP contribution is 2.29. The van der Waals surface area contributed by atoms with Gasteiger partial charge in [0.25, 0.3) is 0 Å². The van der Waals surface area contributed by atoms with Crippen molar-refractivity contribution in [2.24, 2.45) is 0 Å². The summed E-state index contributed by atoms with van der Waals surface area (Å²) in [5, 5.41) is 3.93. The molecule has 6 nitrogen and oxygen atoms in total. The Morgan fingerprint density at radius 1 is 0.828 bits per heavy atom. The van der Waals surface area contributed by atoms with Crippen LogP contribution in [0.4, 0.5) is 11.4 Å². The van der Waals surface area contributed by atoms with Crippen molar-refractivity contribution in [3.63, 3.8) is 0 Å². The van der Waals surface area contributed by atoms with Crippen molar-refractivity contribution in [2.75, 3.05) is 16.8 Å². The molecule has 29 heavy (non-hydrogen) atoms. The molecule has 0 fully saturated rings. The molecule has 5 rings (SSSR count). The minimum atomic E-state index is -0.230. The van der Waals surface area contributed by atoms with Crippen molar-refractivity contribution in [1.29, 1.82) is 0 Å². The van der Waals surface area contributed by atoms with Gasteiger partial charge in [-0.3, -0.25) is 19.3 Å². The average molecular weight is 383 g/mol. The zero-order valence-electron chi connectivity index (χ0n) is 15.5. The predicted molar refractivity (Wildman–Crippen MR) is 113 cm³/mol. The zero-order chi connectivity index (χ0) is 20.0. The Balaban J connectivity index is 1.66. The van der Waals surface area contributed by atoms with E-state index in [1.54, 1.807) is 18.2 Å². The Kier molecular flexibility index (Phi) is 3.91. The lowest BCUT2D eigenvalue weighted by atomic mass is 10.1. The maximum atomic E-state index is 13.3. The molecule has 0 spiro atoms. The van der Waals surface area contributed by atoms with Gasteiger partial charge in [-0.05, 0) is 36.4 Å². The zero-order valence-corrected chi connectivity index (χ0v) is 15.5. The van der Waals surface area contributed by atoms with Crippen LogP contribution >= 0.6 is 0 Å². The molecule has 0 saturated heterocycles. The normalized spacial score (nSPS) is 13.4. The van der Waals surface area contributed by atoms with Gasteiger partial charge < -0.3 is 9.88 Å². The van der Waals surface area contributed by atoms with Crippen molar-refractivity contribution < 1.29 is 9.59 Å². The van der Waals surface area contributed by atoms with E-state index in [1.807, 2.05) is 59.2 Å². The highest BCUT2D eigenvalue weighted by atomic mass is 16.2. The summed E-state index contributed by atoms with van der Waals surface area (Å²) in [6.45, 7) is -0.0190. The molecule has 0 aliphatic carbocycles. The first-order chi connectivity index (χ1) is 14.1. The van der Waals surface area contributed by atoms with Gasteiger partial charge in [-0.25, -0.2) is 0 Å². The Morgan fingerprint density at radius 2 is 1.41 bits per heavy atom. The number of hydrogen-bond donors (Lipinski definition) is 1. The van der Waals surface area contributed by atoms with E-state index in [-0.39, 0.29) is 30.3 Å². The van der Waals surface area contributed by atoms with E-state index in [2.05, 4.69) is 5.32 Å². The predicted octanol–water partition coefficient (Wildman–Crippen LogP) is 3.14.